The van der Waals surface area contributed by atoms with Crippen LogP contribution in [0.25, 0.3) is 0 Å². The molecule has 0 saturated carbocycles. The van der Waals surface area contributed by atoms with Gasteiger partial charge in [-0.15, -0.1) is 0 Å². The molecule has 1 fully saturated rings. The first-order chi connectivity index (χ1) is 8.74. The average molecular weight is 249 g/mol. The molecule has 1 aromatic rings. The normalized spacial score (nSPS) is 25.1. The van der Waals surface area contributed by atoms with Gasteiger partial charge in [-0.1, -0.05) is 19.1 Å². The molecule has 0 amide bonds. The van der Waals surface area contributed by atoms with Gasteiger partial charge in [0.2, 0.25) is 0 Å². The molecule has 1 saturated heterocycles. The number of nitrogens with one attached hydrogen (secondary N) is 1. The van der Waals surface area contributed by atoms with Crippen molar-refractivity contribution in [3.05, 3.63) is 29.8 Å². The molecular formula is C15H23NO2. The molecule has 0 aliphatic carbocycles. The fraction of sp³-hybridized carbons (Fsp3) is 0.600. The van der Waals surface area contributed by atoms with Crippen LogP contribution in [0.15, 0.2) is 24.3 Å². The molecule has 3 nitrogen and oxygen atoms in total. The molecule has 1 aliphatic heterocycles. The quantitative estimate of drug-likeness (QED) is 0.870. The topological polar surface area (TPSA) is 30.5 Å². The molecule has 0 radical (unpaired) electrons. The Bertz CT molecular complexity index is 363. The molecule has 18 heavy (non-hydrogen) atoms. The zero-order chi connectivity index (χ0) is 13.0. The van der Waals surface area contributed by atoms with Gasteiger partial charge in [0.05, 0.1) is 19.8 Å². The molecule has 2 rings (SSSR count). The van der Waals surface area contributed by atoms with Crippen molar-refractivity contribution < 1.29 is 9.47 Å². The van der Waals surface area contributed by atoms with Gasteiger partial charge >= 0.3 is 0 Å². The van der Waals surface area contributed by atoms with Gasteiger partial charge in [-0.2, -0.15) is 0 Å². The van der Waals surface area contributed by atoms with Crippen LogP contribution in [0, 0.1) is 5.92 Å². The van der Waals surface area contributed by atoms with Crippen LogP contribution in [-0.4, -0.2) is 26.4 Å². The number of hydrogen-bond acceptors (Lipinski definition) is 3. The third-order valence-electron chi connectivity index (χ3n) is 3.60. The van der Waals surface area contributed by atoms with Gasteiger partial charge in [-0.05, 0) is 37.6 Å². The van der Waals surface area contributed by atoms with Crippen LogP contribution in [0.5, 0.6) is 5.75 Å². The minimum absolute atomic E-state index is 0.380. The van der Waals surface area contributed by atoms with Gasteiger partial charge in [-0.25, -0.2) is 0 Å². The predicted octanol–water partition coefficient (Wildman–Crippen LogP) is 2.77. The second kappa shape index (κ2) is 6.21. The van der Waals surface area contributed by atoms with E-state index < -0.39 is 0 Å². The maximum absolute atomic E-state index is 5.69. The van der Waals surface area contributed by atoms with E-state index in [1.54, 1.807) is 7.11 Å². The zero-order valence-corrected chi connectivity index (χ0v) is 11.5. The SMILES string of the molecule is CCNC(c1ccc(OC)cc1)C1COC(C)C1. The summed E-state index contributed by atoms with van der Waals surface area (Å²) in [5, 5.41) is 3.58. The highest BCUT2D eigenvalue weighted by Gasteiger charge is 2.30. The molecule has 0 bridgehead atoms. The van der Waals surface area contributed by atoms with Crippen molar-refractivity contribution in [1.29, 1.82) is 0 Å². The largest absolute Gasteiger partial charge is 0.497 e. The summed E-state index contributed by atoms with van der Waals surface area (Å²) in [6.07, 6.45) is 1.51. The van der Waals surface area contributed by atoms with Crippen molar-refractivity contribution >= 4 is 0 Å². The van der Waals surface area contributed by atoms with E-state index in [0.717, 1.165) is 25.3 Å². The van der Waals surface area contributed by atoms with Crippen LogP contribution in [0.4, 0.5) is 0 Å². The molecule has 0 spiro atoms. The Morgan fingerprint density at radius 1 is 1.39 bits per heavy atom. The Morgan fingerprint density at radius 3 is 2.61 bits per heavy atom. The van der Waals surface area contributed by atoms with Crippen LogP contribution in [-0.2, 0) is 4.74 Å². The second-order valence-electron chi connectivity index (χ2n) is 4.95. The highest BCUT2D eigenvalue weighted by atomic mass is 16.5. The van der Waals surface area contributed by atoms with Gasteiger partial charge in [-0.3, -0.25) is 0 Å². The Labute approximate surface area is 109 Å². The zero-order valence-electron chi connectivity index (χ0n) is 11.5. The molecule has 3 atom stereocenters. The smallest absolute Gasteiger partial charge is 0.118 e. The van der Waals surface area contributed by atoms with E-state index in [-0.39, 0.29) is 0 Å². The lowest BCUT2D eigenvalue weighted by Gasteiger charge is -2.24. The molecule has 1 aromatic carbocycles. The number of hydrogen-bond donors (Lipinski definition) is 1. The van der Waals surface area contributed by atoms with Gasteiger partial charge in [0.1, 0.15) is 5.75 Å². The van der Waals surface area contributed by atoms with E-state index in [2.05, 4.69) is 31.3 Å². The summed E-state index contributed by atoms with van der Waals surface area (Å²) in [5.41, 5.74) is 1.32. The Kier molecular flexibility index (Phi) is 4.61. The molecule has 3 unspecified atom stereocenters. The third-order valence-corrected chi connectivity index (χ3v) is 3.60. The molecule has 100 valence electrons. The van der Waals surface area contributed by atoms with Gasteiger partial charge in [0, 0.05) is 12.0 Å². The monoisotopic (exact) mass is 249 g/mol. The summed E-state index contributed by atoms with van der Waals surface area (Å²) in [6.45, 7) is 6.12. The highest BCUT2D eigenvalue weighted by molar-refractivity contribution is 5.29. The summed E-state index contributed by atoms with van der Waals surface area (Å²) >= 11 is 0. The number of benzene rings is 1. The molecule has 3 heteroatoms. The molecule has 0 aromatic heterocycles. The number of ether oxygens (including phenoxy) is 2. The average Bonchev–Trinajstić information content (AvgIpc) is 2.82. The van der Waals surface area contributed by atoms with E-state index in [1.807, 2.05) is 12.1 Å². The van der Waals surface area contributed by atoms with Crippen LogP contribution in [0.1, 0.15) is 31.9 Å². The lowest BCUT2D eigenvalue weighted by atomic mass is 9.91. The molecule has 1 heterocycles. The van der Waals surface area contributed by atoms with Gasteiger partial charge < -0.3 is 14.8 Å². The lowest BCUT2D eigenvalue weighted by Crippen LogP contribution is -2.28. The first kappa shape index (κ1) is 13.4. The van der Waals surface area contributed by atoms with Gasteiger partial charge in [0.25, 0.3) is 0 Å². The number of methoxy groups -OCH3 is 1. The van der Waals surface area contributed by atoms with Crippen molar-refractivity contribution in [2.45, 2.75) is 32.4 Å². The van der Waals surface area contributed by atoms with Crippen molar-refractivity contribution in [2.75, 3.05) is 20.3 Å². The summed E-state index contributed by atoms with van der Waals surface area (Å²) in [7, 11) is 1.70. The minimum Gasteiger partial charge on any atom is -0.497 e. The summed E-state index contributed by atoms with van der Waals surface area (Å²) < 4.78 is 10.9. The maximum Gasteiger partial charge on any atom is 0.118 e. The van der Waals surface area contributed by atoms with Crippen LogP contribution < -0.4 is 10.1 Å². The van der Waals surface area contributed by atoms with Gasteiger partial charge in [0.15, 0.2) is 0 Å². The first-order valence-electron chi connectivity index (χ1n) is 6.73. The van der Waals surface area contributed by atoms with E-state index in [0.29, 0.717) is 18.1 Å². The first-order valence-corrected chi connectivity index (χ1v) is 6.73. The molecule has 1 aliphatic rings. The predicted molar refractivity (Wildman–Crippen MR) is 72.9 cm³/mol. The van der Waals surface area contributed by atoms with E-state index in [4.69, 9.17) is 9.47 Å². The highest BCUT2D eigenvalue weighted by Crippen LogP contribution is 2.32. The molecular weight excluding hydrogens is 226 g/mol. The van der Waals surface area contributed by atoms with E-state index in [9.17, 15) is 0 Å². The lowest BCUT2D eigenvalue weighted by molar-refractivity contribution is 0.117. The van der Waals surface area contributed by atoms with Crippen molar-refractivity contribution in [1.82, 2.24) is 5.32 Å². The summed E-state index contributed by atoms with van der Waals surface area (Å²) in [5.74, 6) is 1.47. The third kappa shape index (κ3) is 3.03. The minimum atomic E-state index is 0.380. The van der Waals surface area contributed by atoms with E-state index in [1.165, 1.54) is 5.56 Å². The van der Waals surface area contributed by atoms with E-state index >= 15 is 0 Å². The summed E-state index contributed by atoms with van der Waals surface area (Å²) in [6, 6.07) is 8.73. The maximum atomic E-state index is 5.69. The fourth-order valence-corrected chi connectivity index (χ4v) is 2.67. The van der Waals surface area contributed by atoms with Crippen molar-refractivity contribution in [3.63, 3.8) is 0 Å². The Balaban J connectivity index is 2.12. The summed E-state index contributed by atoms with van der Waals surface area (Å²) in [4.78, 5) is 0. The second-order valence-corrected chi connectivity index (χ2v) is 4.95. The van der Waals surface area contributed by atoms with Crippen molar-refractivity contribution in [2.24, 2.45) is 5.92 Å². The fourth-order valence-electron chi connectivity index (χ4n) is 2.67. The Hall–Kier alpha value is -1.06. The number of rotatable bonds is 5. The van der Waals surface area contributed by atoms with Crippen LogP contribution in [0.3, 0.4) is 0 Å². The standard InChI is InChI=1S/C15H23NO2/c1-4-16-15(13-9-11(2)18-10-13)12-5-7-14(17-3)8-6-12/h5-8,11,13,15-16H,4,9-10H2,1-3H3. The molecule has 1 N–H and O–H groups in total. The van der Waals surface area contributed by atoms with Crippen LogP contribution in [0.2, 0.25) is 0 Å². The Morgan fingerprint density at radius 2 is 2.11 bits per heavy atom. The van der Waals surface area contributed by atoms with Crippen LogP contribution >= 0.6 is 0 Å². The van der Waals surface area contributed by atoms with Crippen molar-refractivity contribution in [3.8, 4) is 5.75 Å².